The summed E-state index contributed by atoms with van der Waals surface area (Å²) in [5.74, 6) is -0.416. The van der Waals surface area contributed by atoms with Gasteiger partial charge in [0, 0.05) is 12.1 Å². The zero-order valence-electron chi connectivity index (χ0n) is 11.6. The van der Waals surface area contributed by atoms with E-state index >= 15 is 0 Å². The fourth-order valence-corrected chi connectivity index (χ4v) is 2.66. The fourth-order valence-electron chi connectivity index (χ4n) is 2.66. The number of hydrogen-bond donors (Lipinski definition) is 2. The minimum atomic E-state index is -1.04. The third kappa shape index (κ3) is 1.94. The molecule has 0 aliphatic carbocycles. The molecule has 0 saturated carbocycles. The van der Waals surface area contributed by atoms with Crippen molar-refractivity contribution in [3.05, 3.63) is 42.0 Å². The van der Waals surface area contributed by atoms with Crippen LogP contribution < -0.4 is 9.30 Å². The number of aromatic hydroxyl groups is 1. The highest BCUT2D eigenvalue weighted by atomic mass is 16.5. The van der Waals surface area contributed by atoms with Crippen LogP contribution in [-0.2, 0) is 7.05 Å². The number of ether oxygens (including phenoxy) is 1. The minimum absolute atomic E-state index is 0.0345. The van der Waals surface area contributed by atoms with Gasteiger partial charge < -0.3 is 14.9 Å². The van der Waals surface area contributed by atoms with Gasteiger partial charge in [-0.1, -0.05) is 0 Å². The lowest BCUT2D eigenvalue weighted by molar-refractivity contribution is -0.617. The smallest absolute Gasteiger partial charge is 0.337 e. The van der Waals surface area contributed by atoms with Crippen LogP contribution in [0.4, 0.5) is 0 Å². The first-order valence-corrected chi connectivity index (χ1v) is 6.38. The maximum Gasteiger partial charge on any atom is 0.337 e. The van der Waals surface area contributed by atoms with Gasteiger partial charge in [0.2, 0.25) is 11.0 Å². The summed E-state index contributed by atoms with van der Waals surface area (Å²) in [6.07, 6.45) is 0. The molecule has 0 bridgehead atoms. The Labute approximate surface area is 120 Å². The van der Waals surface area contributed by atoms with Gasteiger partial charge in [0.1, 0.15) is 18.5 Å². The lowest BCUT2D eigenvalue weighted by Gasteiger charge is -2.08. The molecular formula is C16H14NO4+. The number of methoxy groups -OCH3 is 1. The van der Waals surface area contributed by atoms with Crippen molar-refractivity contribution in [2.45, 2.75) is 0 Å². The predicted octanol–water partition coefficient (Wildman–Crippen LogP) is 2.23. The Bertz CT molecular complexity index is 886. The summed E-state index contributed by atoms with van der Waals surface area (Å²) in [5, 5.41) is 20.3. The number of phenols is 1. The second kappa shape index (κ2) is 4.63. The van der Waals surface area contributed by atoms with Gasteiger partial charge in [0.15, 0.2) is 0 Å². The van der Waals surface area contributed by atoms with E-state index < -0.39 is 5.97 Å². The number of phenolic OH excluding ortho intramolecular Hbond substituents is 1. The van der Waals surface area contributed by atoms with Crippen molar-refractivity contribution in [1.29, 1.82) is 0 Å². The van der Waals surface area contributed by atoms with Crippen LogP contribution in [0.1, 0.15) is 10.4 Å². The second-order valence-corrected chi connectivity index (χ2v) is 4.82. The van der Waals surface area contributed by atoms with Gasteiger partial charge in [-0.25, -0.2) is 4.79 Å². The summed E-state index contributed by atoms with van der Waals surface area (Å²) in [5.41, 5.74) is 1.68. The van der Waals surface area contributed by atoms with Crippen LogP contribution in [0.15, 0.2) is 36.4 Å². The van der Waals surface area contributed by atoms with Crippen molar-refractivity contribution < 1.29 is 24.3 Å². The summed E-state index contributed by atoms with van der Waals surface area (Å²) in [7, 11) is 3.40. The van der Waals surface area contributed by atoms with E-state index in [9.17, 15) is 15.0 Å². The quantitative estimate of drug-likeness (QED) is 0.559. The van der Waals surface area contributed by atoms with E-state index in [2.05, 4.69) is 0 Å². The molecule has 0 aliphatic rings. The number of carboxylic acid groups (broad SMARTS) is 1. The van der Waals surface area contributed by atoms with E-state index in [1.54, 1.807) is 24.3 Å². The average molecular weight is 284 g/mol. The third-order valence-corrected chi connectivity index (χ3v) is 3.66. The van der Waals surface area contributed by atoms with Gasteiger partial charge in [-0.15, -0.1) is 0 Å². The van der Waals surface area contributed by atoms with E-state index in [1.807, 2.05) is 17.7 Å². The summed E-state index contributed by atoms with van der Waals surface area (Å²) in [4.78, 5) is 11.7. The molecule has 0 saturated heterocycles. The number of aromatic nitrogens is 1. The van der Waals surface area contributed by atoms with E-state index in [0.29, 0.717) is 16.5 Å². The maximum atomic E-state index is 11.7. The number of aromatic carboxylic acids is 1. The molecule has 1 heterocycles. The Hall–Kier alpha value is -2.82. The van der Waals surface area contributed by atoms with E-state index in [1.165, 1.54) is 13.2 Å². The molecule has 0 amide bonds. The van der Waals surface area contributed by atoms with Crippen LogP contribution in [0.3, 0.4) is 0 Å². The molecular weight excluding hydrogens is 270 g/mol. The largest absolute Gasteiger partial charge is 0.508 e. The molecule has 5 heteroatoms. The number of rotatable bonds is 2. The zero-order chi connectivity index (χ0) is 15.1. The van der Waals surface area contributed by atoms with Crippen LogP contribution >= 0.6 is 0 Å². The number of pyridine rings is 1. The molecule has 0 radical (unpaired) electrons. The number of aryl methyl sites for hydroxylation is 1. The lowest BCUT2D eigenvalue weighted by Crippen LogP contribution is -2.31. The monoisotopic (exact) mass is 284 g/mol. The molecule has 0 spiro atoms. The minimum Gasteiger partial charge on any atom is -0.508 e. The van der Waals surface area contributed by atoms with E-state index in [0.717, 1.165) is 11.0 Å². The number of carbonyl (C=O) groups is 1. The van der Waals surface area contributed by atoms with Gasteiger partial charge in [-0.2, -0.15) is 4.57 Å². The Morgan fingerprint density at radius 3 is 2.33 bits per heavy atom. The molecule has 3 rings (SSSR count). The molecule has 106 valence electrons. The van der Waals surface area contributed by atoms with Crippen LogP contribution in [-0.4, -0.2) is 23.3 Å². The summed E-state index contributed by atoms with van der Waals surface area (Å²) < 4.78 is 7.08. The normalized spacial score (nSPS) is 11.0. The first-order valence-electron chi connectivity index (χ1n) is 6.38. The highest BCUT2D eigenvalue weighted by molar-refractivity contribution is 6.12. The lowest BCUT2D eigenvalue weighted by atomic mass is 10.0. The summed E-state index contributed by atoms with van der Waals surface area (Å²) in [6, 6.07) is 10.0. The van der Waals surface area contributed by atoms with E-state index in [-0.39, 0.29) is 11.3 Å². The molecule has 3 aromatic rings. The van der Waals surface area contributed by atoms with Crippen molar-refractivity contribution in [2.75, 3.05) is 7.11 Å². The average Bonchev–Trinajstić information content (AvgIpc) is 2.46. The molecule has 2 aromatic carbocycles. The Balaban J connectivity index is 2.60. The molecule has 0 unspecified atom stereocenters. The highest BCUT2D eigenvalue weighted by Gasteiger charge is 2.22. The van der Waals surface area contributed by atoms with Crippen molar-refractivity contribution in [1.82, 2.24) is 0 Å². The number of nitrogens with zero attached hydrogens (tertiary/aromatic N) is 1. The van der Waals surface area contributed by atoms with E-state index in [4.69, 9.17) is 4.74 Å². The Morgan fingerprint density at radius 1 is 1.10 bits per heavy atom. The summed E-state index contributed by atoms with van der Waals surface area (Å²) >= 11 is 0. The Morgan fingerprint density at radius 2 is 1.71 bits per heavy atom. The molecule has 1 aromatic heterocycles. The van der Waals surface area contributed by atoms with Gasteiger partial charge in [-0.3, -0.25) is 0 Å². The van der Waals surface area contributed by atoms with Gasteiger partial charge >= 0.3 is 5.97 Å². The van der Waals surface area contributed by atoms with Gasteiger partial charge in [0.05, 0.1) is 23.4 Å². The molecule has 5 nitrogen and oxygen atoms in total. The summed E-state index contributed by atoms with van der Waals surface area (Å²) in [6.45, 7) is 0. The zero-order valence-corrected chi connectivity index (χ0v) is 11.6. The Kier molecular flexibility index (Phi) is 2.90. The highest BCUT2D eigenvalue weighted by Crippen LogP contribution is 2.29. The third-order valence-electron chi connectivity index (χ3n) is 3.66. The fraction of sp³-hybridized carbons (Fsp3) is 0.125. The van der Waals surface area contributed by atoms with Crippen molar-refractivity contribution in [3.63, 3.8) is 0 Å². The van der Waals surface area contributed by atoms with Crippen LogP contribution in [0.2, 0.25) is 0 Å². The van der Waals surface area contributed by atoms with Crippen molar-refractivity contribution >= 4 is 27.8 Å². The number of hydrogen-bond acceptors (Lipinski definition) is 3. The molecule has 0 atom stereocenters. The van der Waals surface area contributed by atoms with Crippen LogP contribution in [0.25, 0.3) is 21.8 Å². The number of fused-ring (bicyclic) bond motifs is 2. The SMILES string of the molecule is COc1ccc2c(c1)c(C(=O)O)c1cc(O)ccc1[n+]2C. The maximum absolute atomic E-state index is 11.7. The standard InChI is InChI=1S/C16H13NO4/c1-17-13-5-3-9(18)7-11(13)15(16(19)20)12-8-10(21-2)4-6-14(12)17/h3-8H,1-2H3,(H-,18,19,20)/p+1. The molecule has 0 fully saturated rings. The van der Waals surface area contributed by atoms with Crippen molar-refractivity contribution in [3.8, 4) is 11.5 Å². The van der Waals surface area contributed by atoms with Crippen molar-refractivity contribution in [2.24, 2.45) is 7.05 Å². The number of benzene rings is 2. The van der Waals surface area contributed by atoms with Crippen LogP contribution in [0, 0.1) is 0 Å². The second-order valence-electron chi connectivity index (χ2n) is 4.82. The molecule has 0 aliphatic heterocycles. The van der Waals surface area contributed by atoms with Gasteiger partial charge in [0.25, 0.3) is 0 Å². The van der Waals surface area contributed by atoms with Gasteiger partial charge in [-0.05, 0) is 24.3 Å². The first kappa shape index (κ1) is 13.2. The number of carboxylic acids is 1. The topological polar surface area (TPSA) is 70.6 Å². The van der Waals surface area contributed by atoms with Crippen LogP contribution in [0.5, 0.6) is 11.5 Å². The molecule has 21 heavy (non-hydrogen) atoms. The predicted molar refractivity (Wildman–Crippen MR) is 77.8 cm³/mol. The first-order chi connectivity index (χ1) is 10.0. The molecule has 2 N–H and O–H groups in total.